The van der Waals surface area contributed by atoms with Gasteiger partial charge in [0, 0.05) is 16.1 Å². The third kappa shape index (κ3) is 2.86. The van der Waals surface area contributed by atoms with Crippen molar-refractivity contribution in [3.05, 3.63) is 40.9 Å². The number of allylic oxidation sites excluding steroid dienone is 1. The highest BCUT2D eigenvalue weighted by atomic mass is 79.9. The van der Waals surface area contributed by atoms with Gasteiger partial charge in [0.25, 0.3) is 0 Å². The van der Waals surface area contributed by atoms with Gasteiger partial charge in [-0.1, -0.05) is 22.0 Å². The van der Waals surface area contributed by atoms with Crippen molar-refractivity contribution in [2.45, 2.75) is 18.9 Å². The number of phenolic OH excluding ortho intramolecular Hbond substituents is 1. The Morgan fingerprint density at radius 2 is 2.29 bits per heavy atom. The van der Waals surface area contributed by atoms with Crippen molar-refractivity contribution in [1.29, 1.82) is 0 Å². The highest BCUT2D eigenvalue weighted by molar-refractivity contribution is 9.10. The van der Waals surface area contributed by atoms with E-state index >= 15 is 0 Å². The molecule has 0 aliphatic heterocycles. The third-order valence-electron chi connectivity index (χ3n) is 2.07. The van der Waals surface area contributed by atoms with E-state index in [0.717, 1.165) is 22.9 Å². The number of nitrogens with two attached hydrogens (primary N) is 1. The molecule has 2 nitrogen and oxygen atoms in total. The van der Waals surface area contributed by atoms with Crippen molar-refractivity contribution in [2.24, 2.45) is 5.73 Å². The van der Waals surface area contributed by atoms with E-state index in [1.54, 1.807) is 12.1 Å². The fourth-order valence-corrected chi connectivity index (χ4v) is 1.65. The summed E-state index contributed by atoms with van der Waals surface area (Å²) < 4.78 is 0.930. The van der Waals surface area contributed by atoms with E-state index < -0.39 is 0 Å². The van der Waals surface area contributed by atoms with Gasteiger partial charge in [0.15, 0.2) is 0 Å². The maximum atomic E-state index is 9.58. The Balaban J connectivity index is 2.82. The van der Waals surface area contributed by atoms with Gasteiger partial charge in [0.1, 0.15) is 5.75 Å². The predicted octanol–water partition coefficient (Wildman–Crippen LogP) is 3.12. The number of halogens is 1. The minimum atomic E-state index is -0.134. The van der Waals surface area contributed by atoms with Crippen LogP contribution in [0.1, 0.15) is 24.4 Å². The Morgan fingerprint density at radius 3 is 2.93 bits per heavy atom. The van der Waals surface area contributed by atoms with Crippen molar-refractivity contribution in [1.82, 2.24) is 0 Å². The van der Waals surface area contributed by atoms with E-state index in [1.807, 2.05) is 12.1 Å². The quantitative estimate of drug-likeness (QED) is 0.813. The van der Waals surface area contributed by atoms with Crippen LogP contribution in [0.2, 0.25) is 0 Å². The molecule has 0 fully saturated rings. The molecule has 0 saturated heterocycles. The Bertz CT molecular complexity index is 325. The van der Waals surface area contributed by atoms with Crippen molar-refractivity contribution in [3.8, 4) is 5.75 Å². The molecule has 0 aromatic heterocycles. The second-order valence-corrected chi connectivity index (χ2v) is 4.09. The van der Waals surface area contributed by atoms with E-state index in [0.29, 0.717) is 0 Å². The number of aromatic hydroxyl groups is 1. The number of benzene rings is 1. The Labute approximate surface area is 92.6 Å². The minimum Gasteiger partial charge on any atom is -0.508 e. The average molecular weight is 256 g/mol. The smallest absolute Gasteiger partial charge is 0.120 e. The standard InChI is InChI=1S/C11H14BrNO/c1-2-3-4-10(13)9-7-8(12)5-6-11(9)14/h2,5-7,10,14H,1,3-4,13H2/t10-/m0/s1. The minimum absolute atomic E-state index is 0.134. The fraction of sp³-hybridized carbons (Fsp3) is 0.273. The zero-order valence-electron chi connectivity index (χ0n) is 7.91. The van der Waals surface area contributed by atoms with E-state index in [-0.39, 0.29) is 11.8 Å². The van der Waals surface area contributed by atoms with Crippen LogP contribution in [0.15, 0.2) is 35.3 Å². The molecule has 0 aliphatic carbocycles. The zero-order valence-corrected chi connectivity index (χ0v) is 9.50. The molecule has 0 aliphatic rings. The molecule has 76 valence electrons. The molecule has 0 radical (unpaired) electrons. The van der Waals surface area contributed by atoms with Gasteiger partial charge in [0.05, 0.1) is 0 Å². The number of phenols is 1. The molecule has 3 heteroatoms. The van der Waals surface area contributed by atoms with E-state index in [9.17, 15) is 5.11 Å². The summed E-state index contributed by atoms with van der Waals surface area (Å²) in [4.78, 5) is 0. The lowest BCUT2D eigenvalue weighted by atomic mass is 10.0. The van der Waals surface area contributed by atoms with Crippen molar-refractivity contribution >= 4 is 15.9 Å². The molecule has 3 N–H and O–H groups in total. The molecule has 1 atom stereocenters. The topological polar surface area (TPSA) is 46.2 Å². The summed E-state index contributed by atoms with van der Waals surface area (Å²) in [5.41, 5.74) is 6.70. The van der Waals surface area contributed by atoms with Crippen LogP contribution in [0.5, 0.6) is 5.75 Å². The maximum Gasteiger partial charge on any atom is 0.120 e. The predicted molar refractivity (Wildman–Crippen MR) is 62.2 cm³/mol. The molecule has 0 amide bonds. The van der Waals surface area contributed by atoms with Crippen LogP contribution in [-0.2, 0) is 0 Å². The second kappa shape index (κ2) is 5.17. The summed E-state index contributed by atoms with van der Waals surface area (Å²) in [6.07, 6.45) is 3.48. The van der Waals surface area contributed by atoms with Crippen molar-refractivity contribution < 1.29 is 5.11 Å². The van der Waals surface area contributed by atoms with Crippen LogP contribution in [0.4, 0.5) is 0 Å². The zero-order chi connectivity index (χ0) is 10.6. The van der Waals surface area contributed by atoms with Crippen LogP contribution in [-0.4, -0.2) is 5.11 Å². The van der Waals surface area contributed by atoms with Crippen LogP contribution < -0.4 is 5.73 Å². The highest BCUT2D eigenvalue weighted by Gasteiger charge is 2.10. The molecule has 14 heavy (non-hydrogen) atoms. The van der Waals surface area contributed by atoms with Gasteiger partial charge in [-0.05, 0) is 31.0 Å². The number of hydrogen-bond acceptors (Lipinski definition) is 2. The summed E-state index contributed by atoms with van der Waals surface area (Å²) in [6, 6.07) is 5.15. The first-order chi connectivity index (χ1) is 6.65. The summed E-state index contributed by atoms with van der Waals surface area (Å²) >= 11 is 3.35. The number of rotatable bonds is 4. The molecular formula is C11H14BrNO. The fourth-order valence-electron chi connectivity index (χ4n) is 1.28. The van der Waals surface area contributed by atoms with Gasteiger partial charge < -0.3 is 10.8 Å². The first-order valence-corrected chi connectivity index (χ1v) is 5.29. The molecular weight excluding hydrogens is 242 g/mol. The largest absolute Gasteiger partial charge is 0.508 e. The molecule has 0 heterocycles. The lowest BCUT2D eigenvalue weighted by Gasteiger charge is -2.12. The van der Waals surface area contributed by atoms with Crippen LogP contribution >= 0.6 is 15.9 Å². The lowest BCUT2D eigenvalue weighted by Crippen LogP contribution is -2.09. The van der Waals surface area contributed by atoms with E-state index in [2.05, 4.69) is 22.5 Å². The Kier molecular flexibility index (Phi) is 4.17. The Hall–Kier alpha value is -0.800. The molecule has 1 aromatic carbocycles. The first kappa shape index (κ1) is 11.3. The summed E-state index contributed by atoms with van der Waals surface area (Å²) in [7, 11) is 0. The number of hydrogen-bond donors (Lipinski definition) is 2. The molecule has 1 aromatic rings. The highest BCUT2D eigenvalue weighted by Crippen LogP contribution is 2.28. The first-order valence-electron chi connectivity index (χ1n) is 4.50. The Morgan fingerprint density at radius 1 is 1.57 bits per heavy atom. The van der Waals surface area contributed by atoms with Gasteiger partial charge in [-0.3, -0.25) is 0 Å². The van der Waals surface area contributed by atoms with Crippen LogP contribution in [0, 0.1) is 0 Å². The van der Waals surface area contributed by atoms with Gasteiger partial charge >= 0.3 is 0 Å². The second-order valence-electron chi connectivity index (χ2n) is 3.18. The lowest BCUT2D eigenvalue weighted by molar-refractivity contribution is 0.458. The monoisotopic (exact) mass is 255 g/mol. The summed E-state index contributed by atoms with van der Waals surface area (Å²) in [5.74, 6) is 0.254. The molecule has 0 spiro atoms. The molecule has 1 rings (SSSR count). The average Bonchev–Trinajstić information content (AvgIpc) is 2.18. The van der Waals surface area contributed by atoms with Crippen molar-refractivity contribution in [2.75, 3.05) is 0 Å². The van der Waals surface area contributed by atoms with E-state index in [4.69, 9.17) is 5.73 Å². The summed E-state index contributed by atoms with van der Waals surface area (Å²) in [5, 5.41) is 9.58. The molecule has 0 saturated carbocycles. The van der Waals surface area contributed by atoms with Crippen LogP contribution in [0.3, 0.4) is 0 Å². The maximum absolute atomic E-state index is 9.58. The summed E-state index contributed by atoms with van der Waals surface area (Å²) in [6.45, 7) is 3.64. The van der Waals surface area contributed by atoms with Gasteiger partial charge in [0.2, 0.25) is 0 Å². The van der Waals surface area contributed by atoms with Crippen LogP contribution in [0.25, 0.3) is 0 Å². The molecule has 0 unspecified atom stereocenters. The third-order valence-corrected chi connectivity index (χ3v) is 2.56. The van der Waals surface area contributed by atoms with Gasteiger partial charge in [-0.2, -0.15) is 0 Å². The van der Waals surface area contributed by atoms with Gasteiger partial charge in [-0.25, -0.2) is 0 Å². The van der Waals surface area contributed by atoms with Gasteiger partial charge in [-0.15, -0.1) is 6.58 Å². The SMILES string of the molecule is C=CCC[C@H](N)c1cc(Br)ccc1O. The molecule has 0 bridgehead atoms. The van der Waals surface area contributed by atoms with E-state index in [1.165, 1.54) is 0 Å². The normalized spacial score (nSPS) is 12.4. The van der Waals surface area contributed by atoms with Crippen molar-refractivity contribution in [3.63, 3.8) is 0 Å².